The fourth-order valence-corrected chi connectivity index (χ4v) is 1.43. The molecule has 82 valence electrons. The Labute approximate surface area is 98.7 Å². The summed E-state index contributed by atoms with van der Waals surface area (Å²) in [5.74, 6) is -0.441. The maximum absolute atomic E-state index is 13.5. The minimum absolute atomic E-state index is 0.0781. The topological polar surface area (TPSA) is 36.1 Å². The fourth-order valence-electron chi connectivity index (χ4n) is 1.43. The first-order valence-electron chi connectivity index (χ1n) is 5.10. The van der Waals surface area contributed by atoms with Gasteiger partial charge in [-0.15, -0.1) is 0 Å². The van der Waals surface area contributed by atoms with Crippen molar-refractivity contribution in [3.05, 3.63) is 66.0 Å². The van der Waals surface area contributed by atoms with Gasteiger partial charge in [-0.3, -0.25) is 0 Å². The van der Waals surface area contributed by atoms with E-state index in [1.54, 1.807) is 30.3 Å². The summed E-state index contributed by atoms with van der Waals surface area (Å²) in [6, 6.07) is 17.0. The lowest BCUT2D eigenvalue weighted by molar-refractivity contribution is 0.625. The van der Waals surface area contributed by atoms with Crippen LogP contribution in [0.1, 0.15) is 5.56 Å². The molecule has 2 aromatic carbocycles. The van der Waals surface area contributed by atoms with E-state index in [-0.39, 0.29) is 11.3 Å². The lowest BCUT2D eigenvalue weighted by Crippen LogP contribution is -1.99. The van der Waals surface area contributed by atoms with Gasteiger partial charge < -0.3 is 0 Å². The second-order valence-electron chi connectivity index (χ2n) is 3.39. The molecular weight excluding hydrogens is 215 g/mol. The zero-order valence-electron chi connectivity index (χ0n) is 8.97. The predicted octanol–water partition coefficient (Wildman–Crippen LogP) is 3.47. The second-order valence-corrected chi connectivity index (χ2v) is 3.39. The van der Waals surface area contributed by atoms with E-state index >= 15 is 0 Å². The zero-order valence-corrected chi connectivity index (χ0v) is 8.97. The Morgan fingerprint density at radius 2 is 1.65 bits per heavy atom. The highest BCUT2D eigenvalue weighted by molar-refractivity contribution is 6.12. The van der Waals surface area contributed by atoms with Crippen LogP contribution in [0, 0.1) is 17.1 Å². The van der Waals surface area contributed by atoms with E-state index in [1.165, 1.54) is 6.07 Å². The molecule has 0 atom stereocenters. The van der Waals surface area contributed by atoms with E-state index in [0.717, 1.165) is 0 Å². The molecule has 3 heteroatoms. The van der Waals surface area contributed by atoms with Crippen LogP contribution < -0.4 is 0 Å². The molecule has 0 saturated carbocycles. The van der Waals surface area contributed by atoms with Gasteiger partial charge in [-0.2, -0.15) is 5.26 Å². The molecule has 2 aromatic rings. The van der Waals surface area contributed by atoms with Gasteiger partial charge in [0.15, 0.2) is 5.71 Å². The number of hydrogen-bond acceptors (Lipinski definition) is 2. The lowest BCUT2D eigenvalue weighted by atomic mass is 10.1. The first-order valence-corrected chi connectivity index (χ1v) is 5.10. The summed E-state index contributed by atoms with van der Waals surface area (Å²) in [5.41, 5.74) is 0.931. The summed E-state index contributed by atoms with van der Waals surface area (Å²) in [6.45, 7) is 0. The Morgan fingerprint density at radius 3 is 2.29 bits per heavy atom. The average molecular weight is 224 g/mol. The van der Waals surface area contributed by atoms with Crippen LogP contribution in [0.4, 0.5) is 10.1 Å². The average Bonchev–Trinajstić information content (AvgIpc) is 2.38. The number of hydrogen-bond donors (Lipinski definition) is 0. The first-order chi connectivity index (χ1) is 8.31. The van der Waals surface area contributed by atoms with Crippen LogP contribution in [-0.4, -0.2) is 5.71 Å². The Hall–Kier alpha value is -2.47. The summed E-state index contributed by atoms with van der Waals surface area (Å²) in [4.78, 5) is 4.12. The van der Waals surface area contributed by atoms with Crippen LogP contribution in [0.2, 0.25) is 0 Å². The van der Waals surface area contributed by atoms with Crippen LogP contribution in [0.3, 0.4) is 0 Å². The number of nitriles is 1. The summed E-state index contributed by atoms with van der Waals surface area (Å²) in [6.07, 6.45) is 0. The second kappa shape index (κ2) is 5.04. The first kappa shape index (κ1) is 11.0. The van der Waals surface area contributed by atoms with Crippen molar-refractivity contribution in [2.24, 2.45) is 4.99 Å². The van der Waals surface area contributed by atoms with Crippen LogP contribution in [-0.2, 0) is 0 Å². The number of aliphatic imine (C=N–C) groups is 1. The number of halogens is 1. The van der Waals surface area contributed by atoms with E-state index in [1.807, 2.05) is 24.3 Å². The summed E-state index contributed by atoms with van der Waals surface area (Å²) in [7, 11) is 0. The van der Waals surface area contributed by atoms with Gasteiger partial charge in [0.1, 0.15) is 11.9 Å². The van der Waals surface area contributed by atoms with Crippen molar-refractivity contribution in [2.45, 2.75) is 0 Å². The highest BCUT2D eigenvalue weighted by Crippen LogP contribution is 2.14. The minimum atomic E-state index is -0.441. The van der Waals surface area contributed by atoms with Crippen LogP contribution in [0.25, 0.3) is 0 Å². The van der Waals surface area contributed by atoms with Crippen molar-refractivity contribution in [1.29, 1.82) is 5.26 Å². The van der Waals surface area contributed by atoms with E-state index in [0.29, 0.717) is 5.69 Å². The predicted molar refractivity (Wildman–Crippen MR) is 64.7 cm³/mol. The normalized spacial score (nSPS) is 10.9. The molecule has 0 amide bonds. The molecule has 17 heavy (non-hydrogen) atoms. The van der Waals surface area contributed by atoms with Gasteiger partial charge in [0.25, 0.3) is 0 Å². The number of rotatable bonds is 2. The number of nitrogens with zero attached hydrogens (tertiary/aromatic N) is 2. The molecule has 0 aliphatic carbocycles. The van der Waals surface area contributed by atoms with Gasteiger partial charge in [0.05, 0.1) is 5.69 Å². The standard InChI is InChI=1S/C14H9FN2/c15-13-9-5-4-8-12(13)14(10-16)17-11-6-2-1-3-7-11/h1-9H. The van der Waals surface area contributed by atoms with Gasteiger partial charge in [-0.1, -0.05) is 30.3 Å². The van der Waals surface area contributed by atoms with E-state index in [2.05, 4.69) is 4.99 Å². The molecule has 0 radical (unpaired) electrons. The molecule has 0 N–H and O–H groups in total. The van der Waals surface area contributed by atoms with Gasteiger partial charge in [-0.05, 0) is 24.3 Å². The summed E-state index contributed by atoms with van der Waals surface area (Å²) in [5, 5.41) is 9.02. The van der Waals surface area contributed by atoms with Crippen molar-refractivity contribution in [3.8, 4) is 6.07 Å². The third-order valence-corrected chi connectivity index (χ3v) is 2.23. The molecule has 0 heterocycles. The molecule has 0 fully saturated rings. The summed E-state index contributed by atoms with van der Waals surface area (Å²) < 4.78 is 13.5. The molecule has 0 aliphatic rings. The van der Waals surface area contributed by atoms with Crippen molar-refractivity contribution in [2.75, 3.05) is 0 Å². The highest BCUT2D eigenvalue weighted by atomic mass is 19.1. The van der Waals surface area contributed by atoms with E-state index < -0.39 is 5.82 Å². The molecule has 0 aliphatic heterocycles. The molecule has 0 saturated heterocycles. The molecule has 0 bridgehead atoms. The smallest absolute Gasteiger partial charge is 0.151 e. The largest absolute Gasteiger partial charge is 0.237 e. The van der Waals surface area contributed by atoms with E-state index in [4.69, 9.17) is 5.26 Å². The maximum atomic E-state index is 13.5. The van der Waals surface area contributed by atoms with Gasteiger partial charge >= 0.3 is 0 Å². The number of para-hydroxylation sites is 1. The molecule has 0 aromatic heterocycles. The maximum Gasteiger partial charge on any atom is 0.151 e. The van der Waals surface area contributed by atoms with Crippen LogP contribution in [0.5, 0.6) is 0 Å². The fraction of sp³-hybridized carbons (Fsp3) is 0. The number of benzene rings is 2. The third-order valence-electron chi connectivity index (χ3n) is 2.23. The Morgan fingerprint density at radius 1 is 1.00 bits per heavy atom. The van der Waals surface area contributed by atoms with Crippen molar-refractivity contribution < 1.29 is 4.39 Å². The zero-order chi connectivity index (χ0) is 12.1. The molecule has 0 unspecified atom stereocenters. The molecule has 2 rings (SSSR count). The van der Waals surface area contributed by atoms with Crippen LogP contribution >= 0.6 is 0 Å². The highest BCUT2D eigenvalue weighted by Gasteiger charge is 2.07. The van der Waals surface area contributed by atoms with Gasteiger partial charge in [-0.25, -0.2) is 9.38 Å². The Balaban J connectivity index is 2.46. The van der Waals surface area contributed by atoms with Crippen molar-refractivity contribution >= 4 is 11.4 Å². The quantitative estimate of drug-likeness (QED) is 0.719. The minimum Gasteiger partial charge on any atom is -0.237 e. The molecular formula is C14H9FN2. The third kappa shape index (κ3) is 2.56. The Bertz CT molecular complexity index is 583. The van der Waals surface area contributed by atoms with E-state index in [9.17, 15) is 4.39 Å². The lowest BCUT2D eigenvalue weighted by Gasteiger charge is -2.00. The SMILES string of the molecule is N#CC(=Nc1ccccc1)c1ccccc1F. The van der Waals surface area contributed by atoms with Crippen LogP contribution in [0.15, 0.2) is 59.6 Å². The monoisotopic (exact) mass is 224 g/mol. The van der Waals surface area contributed by atoms with Crippen molar-refractivity contribution in [3.63, 3.8) is 0 Å². The molecule has 2 nitrogen and oxygen atoms in total. The van der Waals surface area contributed by atoms with Gasteiger partial charge in [0, 0.05) is 5.56 Å². The Kier molecular flexibility index (Phi) is 3.27. The summed E-state index contributed by atoms with van der Waals surface area (Å²) >= 11 is 0. The van der Waals surface area contributed by atoms with Crippen molar-refractivity contribution in [1.82, 2.24) is 0 Å². The molecule has 0 spiro atoms. The van der Waals surface area contributed by atoms with Gasteiger partial charge in [0.2, 0.25) is 0 Å².